The van der Waals surface area contributed by atoms with Crippen molar-refractivity contribution in [2.24, 2.45) is 5.92 Å². The number of anilines is 1. The molecule has 1 aromatic heterocycles. The van der Waals surface area contributed by atoms with Crippen LogP contribution in [0.2, 0.25) is 0 Å². The summed E-state index contributed by atoms with van der Waals surface area (Å²) in [6.45, 7) is 5.29. The van der Waals surface area contributed by atoms with Crippen LogP contribution in [0.3, 0.4) is 0 Å². The van der Waals surface area contributed by atoms with Gasteiger partial charge in [0, 0.05) is 53.2 Å². The normalized spacial score (nSPS) is 16.1. The monoisotopic (exact) mass is 293 g/mol. The molecule has 0 aliphatic carbocycles. The standard InChI is InChI=1S/C16H27N3O2/c1-19(13-14-5-8-21-9-6-14)16-4-3-15(12-18-16)11-17-7-10-20-2/h3-4,12,14,17H,5-11,13H2,1-2H3. The molecule has 1 fully saturated rings. The Kier molecular flexibility index (Phi) is 6.92. The Bertz CT molecular complexity index is 391. The van der Waals surface area contributed by atoms with Crippen LogP contribution in [-0.2, 0) is 16.0 Å². The first kappa shape index (κ1) is 16.2. The van der Waals surface area contributed by atoms with E-state index < -0.39 is 0 Å². The third-order valence-corrected chi connectivity index (χ3v) is 3.89. The van der Waals surface area contributed by atoms with Crippen molar-refractivity contribution < 1.29 is 9.47 Å². The van der Waals surface area contributed by atoms with E-state index in [0.717, 1.165) is 64.0 Å². The minimum absolute atomic E-state index is 0.723. The molecule has 5 heteroatoms. The summed E-state index contributed by atoms with van der Waals surface area (Å²) in [5.74, 6) is 1.77. The van der Waals surface area contributed by atoms with E-state index in [1.165, 1.54) is 5.56 Å². The van der Waals surface area contributed by atoms with Gasteiger partial charge in [0.2, 0.25) is 0 Å². The first-order valence-corrected chi connectivity index (χ1v) is 7.73. The Morgan fingerprint density at radius 1 is 1.38 bits per heavy atom. The Morgan fingerprint density at radius 2 is 2.19 bits per heavy atom. The number of rotatable bonds is 8. The van der Waals surface area contributed by atoms with Gasteiger partial charge in [0.1, 0.15) is 5.82 Å². The van der Waals surface area contributed by atoms with E-state index in [1.807, 2.05) is 6.20 Å². The molecule has 0 spiro atoms. The average Bonchev–Trinajstić information content (AvgIpc) is 2.53. The third-order valence-electron chi connectivity index (χ3n) is 3.89. The predicted molar refractivity (Wildman–Crippen MR) is 84.6 cm³/mol. The molecule has 0 aromatic carbocycles. The van der Waals surface area contributed by atoms with Crippen LogP contribution < -0.4 is 10.2 Å². The molecule has 0 bridgehead atoms. The van der Waals surface area contributed by atoms with Crippen molar-refractivity contribution in [3.63, 3.8) is 0 Å². The van der Waals surface area contributed by atoms with Gasteiger partial charge in [-0.15, -0.1) is 0 Å². The zero-order valence-corrected chi connectivity index (χ0v) is 13.2. The van der Waals surface area contributed by atoms with Gasteiger partial charge in [-0.3, -0.25) is 0 Å². The number of pyridine rings is 1. The van der Waals surface area contributed by atoms with Gasteiger partial charge in [-0.25, -0.2) is 4.98 Å². The van der Waals surface area contributed by atoms with Gasteiger partial charge < -0.3 is 19.7 Å². The molecule has 0 unspecified atom stereocenters. The molecule has 0 amide bonds. The average molecular weight is 293 g/mol. The number of aromatic nitrogens is 1. The van der Waals surface area contributed by atoms with Crippen LogP contribution in [0.4, 0.5) is 5.82 Å². The lowest BCUT2D eigenvalue weighted by atomic mass is 10.00. The fraction of sp³-hybridized carbons (Fsp3) is 0.688. The number of ether oxygens (including phenoxy) is 2. The van der Waals surface area contributed by atoms with E-state index in [1.54, 1.807) is 7.11 Å². The van der Waals surface area contributed by atoms with Gasteiger partial charge in [0.05, 0.1) is 6.61 Å². The quantitative estimate of drug-likeness (QED) is 0.739. The molecule has 2 rings (SSSR count). The number of nitrogens with one attached hydrogen (secondary N) is 1. The van der Waals surface area contributed by atoms with E-state index in [4.69, 9.17) is 9.47 Å². The van der Waals surface area contributed by atoms with Crippen molar-refractivity contribution in [2.75, 3.05) is 52.0 Å². The zero-order chi connectivity index (χ0) is 14.9. The molecule has 0 saturated carbocycles. The fourth-order valence-electron chi connectivity index (χ4n) is 2.56. The molecular weight excluding hydrogens is 266 g/mol. The van der Waals surface area contributed by atoms with Crippen LogP contribution in [-0.4, -0.2) is 52.1 Å². The Hall–Kier alpha value is -1.17. The SMILES string of the molecule is COCCNCc1ccc(N(C)CC2CCOCC2)nc1. The number of hydrogen-bond donors (Lipinski definition) is 1. The van der Waals surface area contributed by atoms with Gasteiger partial charge in [0.25, 0.3) is 0 Å². The van der Waals surface area contributed by atoms with Crippen LogP contribution in [0.25, 0.3) is 0 Å². The Balaban J connectivity index is 1.77. The summed E-state index contributed by atoms with van der Waals surface area (Å²) < 4.78 is 10.4. The minimum Gasteiger partial charge on any atom is -0.383 e. The van der Waals surface area contributed by atoms with Gasteiger partial charge in [-0.2, -0.15) is 0 Å². The second-order valence-electron chi connectivity index (χ2n) is 5.63. The lowest BCUT2D eigenvalue weighted by Crippen LogP contribution is -2.30. The summed E-state index contributed by atoms with van der Waals surface area (Å²) in [4.78, 5) is 6.81. The molecule has 118 valence electrons. The predicted octanol–water partition coefficient (Wildman–Crippen LogP) is 1.68. The van der Waals surface area contributed by atoms with E-state index in [-0.39, 0.29) is 0 Å². The van der Waals surface area contributed by atoms with Crippen molar-refractivity contribution in [1.82, 2.24) is 10.3 Å². The highest BCUT2D eigenvalue weighted by atomic mass is 16.5. The van der Waals surface area contributed by atoms with Gasteiger partial charge in [-0.1, -0.05) is 6.07 Å². The lowest BCUT2D eigenvalue weighted by molar-refractivity contribution is 0.0685. The summed E-state index contributed by atoms with van der Waals surface area (Å²) in [6, 6.07) is 4.25. The van der Waals surface area contributed by atoms with Crippen LogP contribution in [0.1, 0.15) is 18.4 Å². The summed E-state index contributed by atoms with van der Waals surface area (Å²) >= 11 is 0. The summed E-state index contributed by atoms with van der Waals surface area (Å²) in [5.41, 5.74) is 1.20. The number of hydrogen-bond acceptors (Lipinski definition) is 5. The second kappa shape index (κ2) is 8.97. The molecule has 1 N–H and O–H groups in total. The first-order valence-electron chi connectivity index (χ1n) is 7.73. The van der Waals surface area contributed by atoms with E-state index in [0.29, 0.717) is 0 Å². The zero-order valence-electron chi connectivity index (χ0n) is 13.2. The maximum Gasteiger partial charge on any atom is 0.128 e. The van der Waals surface area contributed by atoms with Crippen molar-refractivity contribution in [1.29, 1.82) is 0 Å². The highest BCUT2D eigenvalue weighted by Gasteiger charge is 2.16. The molecule has 1 aromatic rings. The van der Waals surface area contributed by atoms with Crippen molar-refractivity contribution in [2.45, 2.75) is 19.4 Å². The maximum atomic E-state index is 5.41. The minimum atomic E-state index is 0.723. The molecule has 5 nitrogen and oxygen atoms in total. The molecule has 2 heterocycles. The highest BCUT2D eigenvalue weighted by molar-refractivity contribution is 5.38. The first-order chi connectivity index (χ1) is 10.3. The van der Waals surface area contributed by atoms with E-state index >= 15 is 0 Å². The fourth-order valence-corrected chi connectivity index (χ4v) is 2.56. The van der Waals surface area contributed by atoms with E-state index in [2.05, 4.69) is 34.4 Å². The Labute approximate surface area is 127 Å². The topological polar surface area (TPSA) is 46.6 Å². The smallest absolute Gasteiger partial charge is 0.128 e. The molecular formula is C16H27N3O2. The summed E-state index contributed by atoms with van der Waals surface area (Å²) in [6.07, 6.45) is 4.27. The van der Waals surface area contributed by atoms with Crippen molar-refractivity contribution in [3.05, 3.63) is 23.9 Å². The van der Waals surface area contributed by atoms with Crippen molar-refractivity contribution in [3.8, 4) is 0 Å². The lowest BCUT2D eigenvalue weighted by Gasteiger charge is -2.27. The number of nitrogens with zero attached hydrogens (tertiary/aromatic N) is 2. The third kappa shape index (κ3) is 5.61. The van der Waals surface area contributed by atoms with Crippen LogP contribution in [0.15, 0.2) is 18.3 Å². The van der Waals surface area contributed by atoms with Gasteiger partial charge in [-0.05, 0) is 30.4 Å². The second-order valence-corrected chi connectivity index (χ2v) is 5.63. The van der Waals surface area contributed by atoms with E-state index in [9.17, 15) is 0 Å². The molecule has 21 heavy (non-hydrogen) atoms. The number of methoxy groups -OCH3 is 1. The molecule has 0 radical (unpaired) electrons. The maximum absolute atomic E-state index is 5.41. The summed E-state index contributed by atoms with van der Waals surface area (Å²) in [7, 11) is 3.83. The summed E-state index contributed by atoms with van der Waals surface area (Å²) in [5, 5.41) is 3.32. The van der Waals surface area contributed by atoms with Gasteiger partial charge >= 0.3 is 0 Å². The van der Waals surface area contributed by atoms with Crippen LogP contribution in [0.5, 0.6) is 0 Å². The molecule has 1 saturated heterocycles. The van der Waals surface area contributed by atoms with Gasteiger partial charge in [0.15, 0.2) is 0 Å². The molecule has 0 atom stereocenters. The van der Waals surface area contributed by atoms with Crippen LogP contribution in [0, 0.1) is 5.92 Å². The molecule has 1 aliphatic rings. The largest absolute Gasteiger partial charge is 0.383 e. The molecule has 1 aliphatic heterocycles. The highest BCUT2D eigenvalue weighted by Crippen LogP contribution is 2.18. The van der Waals surface area contributed by atoms with Crippen molar-refractivity contribution >= 4 is 5.82 Å². The van der Waals surface area contributed by atoms with Crippen LogP contribution >= 0.6 is 0 Å². The Morgan fingerprint density at radius 3 is 2.86 bits per heavy atom.